The Morgan fingerprint density at radius 1 is 1.23 bits per heavy atom. The van der Waals surface area contributed by atoms with Crippen LogP contribution in [0.3, 0.4) is 0 Å². The zero-order valence-corrected chi connectivity index (χ0v) is 18.2. The first kappa shape index (κ1) is 21.3. The third-order valence-corrected chi connectivity index (χ3v) is 6.84. The van der Waals surface area contributed by atoms with Crippen molar-refractivity contribution in [2.24, 2.45) is 0 Å². The molecule has 8 nitrogen and oxygen atoms in total. The number of hydrogen-bond donors (Lipinski definition) is 2. The van der Waals surface area contributed by atoms with Gasteiger partial charge in [-0.1, -0.05) is 24.3 Å². The highest BCUT2D eigenvalue weighted by Gasteiger charge is 2.28. The fourth-order valence-electron chi connectivity index (χ4n) is 3.77. The van der Waals surface area contributed by atoms with Crippen molar-refractivity contribution in [1.82, 2.24) is 15.0 Å². The topological polar surface area (TPSA) is 105 Å². The van der Waals surface area contributed by atoms with E-state index in [1.165, 1.54) is 6.07 Å². The SMILES string of the molecule is Cc1cccc(S(=O)(=O)NCCC(=O)NC[C@H]2CCCN2c2nc3ccccc3o2)c1. The average Bonchev–Trinajstić information content (AvgIpc) is 3.38. The molecular weight excluding hydrogens is 416 g/mol. The molecule has 2 N–H and O–H groups in total. The number of nitrogens with one attached hydrogen (secondary N) is 2. The third kappa shape index (κ3) is 5.05. The Morgan fingerprint density at radius 3 is 2.87 bits per heavy atom. The van der Waals surface area contributed by atoms with Crippen LogP contribution in [0, 0.1) is 6.92 Å². The number of amides is 1. The molecule has 1 aromatic heterocycles. The van der Waals surface area contributed by atoms with Crippen LogP contribution < -0.4 is 14.9 Å². The maximum absolute atomic E-state index is 12.3. The van der Waals surface area contributed by atoms with E-state index in [1.54, 1.807) is 12.1 Å². The van der Waals surface area contributed by atoms with Crippen molar-refractivity contribution in [3.05, 3.63) is 54.1 Å². The molecule has 4 rings (SSSR count). The van der Waals surface area contributed by atoms with Gasteiger partial charge < -0.3 is 14.6 Å². The van der Waals surface area contributed by atoms with Gasteiger partial charge in [-0.15, -0.1) is 0 Å². The summed E-state index contributed by atoms with van der Waals surface area (Å²) in [7, 11) is -3.63. The van der Waals surface area contributed by atoms with E-state index < -0.39 is 10.0 Å². The summed E-state index contributed by atoms with van der Waals surface area (Å²) in [5.74, 6) is -0.198. The van der Waals surface area contributed by atoms with Gasteiger partial charge in [-0.2, -0.15) is 4.98 Å². The van der Waals surface area contributed by atoms with Crippen LogP contribution in [0.5, 0.6) is 0 Å². The van der Waals surface area contributed by atoms with E-state index >= 15 is 0 Å². The molecule has 1 atom stereocenters. The van der Waals surface area contributed by atoms with Gasteiger partial charge in [0.1, 0.15) is 5.52 Å². The van der Waals surface area contributed by atoms with Gasteiger partial charge in [-0.3, -0.25) is 4.79 Å². The molecule has 3 aromatic rings. The van der Waals surface area contributed by atoms with Gasteiger partial charge >= 0.3 is 0 Å². The van der Waals surface area contributed by atoms with E-state index in [0.29, 0.717) is 12.6 Å². The molecule has 0 spiro atoms. The van der Waals surface area contributed by atoms with E-state index in [2.05, 4.69) is 19.9 Å². The second-order valence-corrected chi connectivity index (χ2v) is 9.49. The number of fused-ring (bicyclic) bond motifs is 1. The van der Waals surface area contributed by atoms with Crippen molar-refractivity contribution < 1.29 is 17.6 Å². The first-order valence-electron chi connectivity index (χ1n) is 10.4. The molecule has 1 aliphatic rings. The van der Waals surface area contributed by atoms with Crippen LogP contribution >= 0.6 is 0 Å². The Hall–Kier alpha value is -2.91. The number of aromatic nitrogens is 1. The van der Waals surface area contributed by atoms with Gasteiger partial charge in [-0.05, 0) is 49.6 Å². The maximum Gasteiger partial charge on any atom is 0.298 e. The van der Waals surface area contributed by atoms with Crippen molar-refractivity contribution in [3.63, 3.8) is 0 Å². The van der Waals surface area contributed by atoms with Gasteiger partial charge in [0.15, 0.2) is 5.58 Å². The molecule has 1 fully saturated rings. The Labute approximate surface area is 181 Å². The largest absolute Gasteiger partial charge is 0.423 e. The number of carbonyl (C=O) groups is 1. The van der Waals surface area contributed by atoms with Crippen LogP contribution in [0.15, 0.2) is 57.8 Å². The van der Waals surface area contributed by atoms with Crippen LogP contribution in [0.4, 0.5) is 6.01 Å². The highest BCUT2D eigenvalue weighted by Crippen LogP contribution is 2.28. The Morgan fingerprint density at radius 2 is 2.06 bits per heavy atom. The van der Waals surface area contributed by atoms with Gasteiger partial charge in [-0.25, -0.2) is 13.1 Å². The van der Waals surface area contributed by atoms with Crippen molar-refractivity contribution >= 4 is 33.0 Å². The van der Waals surface area contributed by atoms with Crippen LogP contribution in [-0.2, 0) is 14.8 Å². The molecule has 164 valence electrons. The molecule has 31 heavy (non-hydrogen) atoms. The normalized spacial score (nSPS) is 16.7. The summed E-state index contributed by atoms with van der Waals surface area (Å²) >= 11 is 0. The minimum Gasteiger partial charge on any atom is -0.423 e. The van der Waals surface area contributed by atoms with Crippen molar-refractivity contribution in [2.75, 3.05) is 24.5 Å². The average molecular weight is 443 g/mol. The second-order valence-electron chi connectivity index (χ2n) is 7.72. The van der Waals surface area contributed by atoms with Crippen LogP contribution in [0.1, 0.15) is 24.8 Å². The van der Waals surface area contributed by atoms with Crippen LogP contribution in [0.25, 0.3) is 11.1 Å². The quantitative estimate of drug-likeness (QED) is 0.556. The molecular formula is C22H26N4O4S. The smallest absolute Gasteiger partial charge is 0.298 e. The number of nitrogens with zero attached hydrogens (tertiary/aromatic N) is 2. The number of aryl methyl sites for hydroxylation is 1. The minimum atomic E-state index is -3.63. The summed E-state index contributed by atoms with van der Waals surface area (Å²) in [6, 6.07) is 15.0. The van der Waals surface area contributed by atoms with E-state index in [1.807, 2.05) is 37.3 Å². The van der Waals surface area contributed by atoms with E-state index in [-0.39, 0.29) is 29.8 Å². The maximum atomic E-state index is 12.3. The third-order valence-electron chi connectivity index (χ3n) is 5.38. The number of benzene rings is 2. The number of para-hydroxylation sites is 2. The molecule has 0 saturated carbocycles. The minimum absolute atomic E-state index is 0.0433. The Bertz CT molecular complexity index is 1140. The molecule has 0 bridgehead atoms. The summed E-state index contributed by atoms with van der Waals surface area (Å²) in [5, 5.41) is 2.91. The molecule has 0 unspecified atom stereocenters. The summed E-state index contributed by atoms with van der Waals surface area (Å²) < 4.78 is 33.0. The van der Waals surface area contributed by atoms with Gasteiger partial charge in [0, 0.05) is 26.1 Å². The number of hydrogen-bond acceptors (Lipinski definition) is 6. The van der Waals surface area contributed by atoms with Crippen molar-refractivity contribution in [1.29, 1.82) is 0 Å². The van der Waals surface area contributed by atoms with Gasteiger partial charge in [0.25, 0.3) is 6.01 Å². The highest BCUT2D eigenvalue weighted by molar-refractivity contribution is 7.89. The number of rotatable bonds is 8. The first-order valence-corrected chi connectivity index (χ1v) is 11.9. The molecule has 2 aromatic carbocycles. The Kier molecular flexibility index (Phi) is 6.24. The standard InChI is InChI=1S/C22H26N4O4S/c1-16-6-4-8-18(14-16)31(28,29)24-12-11-21(27)23-15-17-7-5-13-26(17)22-25-19-9-2-3-10-20(19)30-22/h2-4,6,8-10,14,17,24H,5,7,11-13,15H2,1H3,(H,23,27)/t17-/m1/s1. The summed E-state index contributed by atoms with van der Waals surface area (Å²) in [6.07, 6.45) is 2.00. The fourth-order valence-corrected chi connectivity index (χ4v) is 4.90. The lowest BCUT2D eigenvalue weighted by Gasteiger charge is -2.23. The molecule has 1 amide bonds. The molecule has 2 heterocycles. The zero-order chi connectivity index (χ0) is 21.8. The summed E-state index contributed by atoms with van der Waals surface area (Å²) in [6.45, 7) is 3.16. The molecule has 9 heteroatoms. The van der Waals surface area contributed by atoms with Gasteiger partial charge in [0.05, 0.1) is 10.9 Å². The fraction of sp³-hybridized carbons (Fsp3) is 0.364. The van der Waals surface area contributed by atoms with E-state index in [0.717, 1.165) is 36.0 Å². The lowest BCUT2D eigenvalue weighted by atomic mass is 10.2. The lowest BCUT2D eigenvalue weighted by Crippen LogP contribution is -2.41. The molecule has 1 saturated heterocycles. The molecule has 1 aliphatic heterocycles. The first-order chi connectivity index (χ1) is 14.9. The number of sulfonamides is 1. The predicted octanol–water partition coefficient (Wildman–Crippen LogP) is 2.59. The van der Waals surface area contributed by atoms with Crippen LogP contribution in [0.2, 0.25) is 0 Å². The summed E-state index contributed by atoms with van der Waals surface area (Å²) in [5.41, 5.74) is 2.42. The van der Waals surface area contributed by atoms with Crippen molar-refractivity contribution in [2.45, 2.75) is 37.1 Å². The monoisotopic (exact) mass is 442 g/mol. The van der Waals surface area contributed by atoms with E-state index in [9.17, 15) is 13.2 Å². The van der Waals surface area contributed by atoms with E-state index in [4.69, 9.17) is 4.42 Å². The van der Waals surface area contributed by atoms with Crippen LogP contribution in [-0.4, -0.2) is 45.0 Å². The number of oxazole rings is 1. The predicted molar refractivity (Wildman–Crippen MR) is 118 cm³/mol. The molecule has 0 aliphatic carbocycles. The number of carbonyl (C=O) groups excluding carboxylic acids is 1. The highest BCUT2D eigenvalue weighted by atomic mass is 32.2. The zero-order valence-electron chi connectivity index (χ0n) is 17.4. The molecule has 0 radical (unpaired) electrons. The number of anilines is 1. The summed E-state index contributed by atoms with van der Waals surface area (Å²) in [4.78, 5) is 19.1. The Balaban J connectivity index is 1.27. The van der Waals surface area contributed by atoms with Gasteiger partial charge in [0.2, 0.25) is 15.9 Å². The second kappa shape index (κ2) is 9.07. The van der Waals surface area contributed by atoms with Crippen molar-refractivity contribution in [3.8, 4) is 0 Å². The lowest BCUT2D eigenvalue weighted by molar-refractivity contribution is -0.120.